The van der Waals surface area contributed by atoms with Crippen molar-refractivity contribution in [2.45, 2.75) is 127 Å². The van der Waals surface area contributed by atoms with Crippen LogP contribution in [0.2, 0.25) is 0 Å². The van der Waals surface area contributed by atoms with Gasteiger partial charge in [-0.3, -0.25) is 48.1 Å². The van der Waals surface area contributed by atoms with Gasteiger partial charge in [0, 0.05) is 24.5 Å². The number of aliphatic hydroxyl groups excluding tert-OH is 2. The standard InChI is InChI=1S/C47H74N12O14S2/c1-24(2)15-31-40(66)55-33(17-26-9-11-27(62)12-10-26)42(68)53-32(16-25(3)4)41(67)56-34(18-60)43(69)52-30(8-6-14-51-47(48)49)39(65)59-37(45(71)57-35(19-61)46(72)73)23-75-21-28(63)20-74-22-36(44(70)54-31)58-38(64)29-7-5-13-50-29/h9-12,24-25,29-37,50,60-62H,5-8,13-23H2,1-4H3,(H,52,69)(H,53,68)(H,54,70)(H,55,66)(H,56,67)(H,57,71)(H,58,64)(H,59,65)(H,72,73)(H4,48,49,51)/t29-,30-,31-,32-,33-,34-,35-,36+,37+/m0/s1. The summed E-state index contributed by atoms with van der Waals surface area (Å²) < 4.78 is 0. The van der Waals surface area contributed by atoms with Crippen LogP contribution in [0.5, 0.6) is 5.75 Å². The Hall–Kier alpha value is -6.23. The van der Waals surface area contributed by atoms with Gasteiger partial charge in [0.15, 0.2) is 11.7 Å². The first kappa shape index (κ1) is 63.1. The number of nitrogens with zero attached hydrogens (tertiary/aromatic N) is 1. The number of carboxylic acid groups (broad SMARTS) is 1. The molecule has 28 heteroatoms. The molecule has 1 aromatic rings. The van der Waals surface area contributed by atoms with Crippen LogP contribution in [0, 0.1) is 11.8 Å². The maximum atomic E-state index is 14.4. The fourth-order valence-electron chi connectivity index (χ4n) is 7.71. The second-order valence-electron chi connectivity index (χ2n) is 19.0. The summed E-state index contributed by atoms with van der Waals surface area (Å²) in [5.41, 5.74) is 11.4. The third kappa shape index (κ3) is 22.6. The zero-order chi connectivity index (χ0) is 55.8. The molecule has 0 aliphatic carbocycles. The molecule has 2 aliphatic heterocycles. The largest absolute Gasteiger partial charge is 0.508 e. The number of nitrogens with one attached hydrogen (secondary N) is 9. The highest BCUT2D eigenvalue weighted by Crippen LogP contribution is 2.16. The molecule has 0 unspecified atom stereocenters. The zero-order valence-corrected chi connectivity index (χ0v) is 44.2. The fourth-order valence-corrected chi connectivity index (χ4v) is 9.68. The second-order valence-corrected chi connectivity index (χ2v) is 21.0. The summed E-state index contributed by atoms with van der Waals surface area (Å²) in [6, 6.07) is -6.83. The third-order valence-corrected chi connectivity index (χ3v) is 13.8. The van der Waals surface area contributed by atoms with Crippen molar-refractivity contribution in [1.82, 2.24) is 47.9 Å². The number of aliphatic imine (C=N–C) groups is 1. The van der Waals surface area contributed by atoms with Gasteiger partial charge in [-0.15, -0.1) is 0 Å². The van der Waals surface area contributed by atoms with Crippen molar-refractivity contribution in [2.75, 3.05) is 49.3 Å². The van der Waals surface area contributed by atoms with Gasteiger partial charge >= 0.3 is 5.97 Å². The van der Waals surface area contributed by atoms with Gasteiger partial charge in [0.05, 0.1) is 30.8 Å². The smallest absolute Gasteiger partial charge is 0.328 e. The first-order valence-corrected chi connectivity index (χ1v) is 26.9. The second kappa shape index (κ2) is 32.3. The van der Waals surface area contributed by atoms with Crippen molar-refractivity contribution in [1.29, 1.82) is 0 Å². The minimum absolute atomic E-state index is 0.0212. The topological polar surface area (TPSA) is 424 Å². The van der Waals surface area contributed by atoms with E-state index in [9.17, 15) is 68.4 Å². The van der Waals surface area contributed by atoms with Gasteiger partial charge in [-0.2, -0.15) is 23.5 Å². The molecule has 0 aromatic heterocycles. The SMILES string of the molecule is CC(C)C[C@@H]1NC(=O)[C@H](Cc2ccc(O)cc2)NC(=O)[C@H](CC(C)C)NC(=O)[C@H](NC(=O)[C@@H]2CCCN2)CSCC(=O)CSC[C@H](C(=O)N[C@@H](CO)C(=O)O)NC(=O)[C@H](CCCN=C(N)N)NC(=O)[C@H](CO)NC1=O. The first-order chi connectivity index (χ1) is 35.5. The van der Waals surface area contributed by atoms with Gasteiger partial charge in [-0.05, 0) is 74.6 Å². The van der Waals surface area contributed by atoms with E-state index in [1.165, 1.54) is 24.3 Å². The van der Waals surface area contributed by atoms with Crippen LogP contribution in [0.1, 0.15) is 71.8 Å². The van der Waals surface area contributed by atoms with Crippen LogP contribution in [-0.4, -0.2) is 189 Å². The minimum atomic E-state index is -1.79. The monoisotopic (exact) mass is 1090 g/mol. The lowest BCUT2D eigenvalue weighted by atomic mass is 9.99. The molecule has 9 atom stereocenters. The number of aliphatic carboxylic acids is 1. The molecule has 26 nitrogen and oxygen atoms in total. The fraction of sp³-hybridized carbons (Fsp3) is 0.638. The maximum Gasteiger partial charge on any atom is 0.328 e. The van der Waals surface area contributed by atoms with E-state index in [4.69, 9.17) is 11.5 Å². The van der Waals surface area contributed by atoms with E-state index in [0.717, 1.165) is 23.5 Å². The number of hydrogen-bond donors (Lipinski definition) is 15. The molecule has 1 aromatic carbocycles. The number of aromatic hydroxyl groups is 1. The predicted octanol–water partition coefficient (Wildman–Crippen LogP) is -4.17. The highest BCUT2D eigenvalue weighted by Gasteiger charge is 2.36. The molecule has 0 radical (unpaired) electrons. The number of hydrogen-bond acceptors (Lipinski definition) is 17. The lowest BCUT2D eigenvalue weighted by Gasteiger charge is -2.29. The molecule has 75 heavy (non-hydrogen) atoms. The van der Waals surface area contributed by atoms with E-state index >= 15 is 0 Å². The van der Waals surface area contributed by atoms with Crippen LogP contribution in [0.3, 0.4) is 0 Å². The Bertz CT molecular complexity index is 2160. The number of aliphatic hydroxyl groups is 2. The van der Waals surface area contributed by atoms with Gasteiger partial charge in [0.1, 0.15) is 54.1 Å². The number of rotatable bonds is 17. The van der Waals surface area contributed by atoms with Crippen LogP contribution in [0.4, 0.5) is 0 Å². The number of phenolic OH excluding ortho intramolecular Hbond substituents is 1. The van der Waals surface area contributed by atoms with E-state index in [2.05, 4.69) is 52.8 Å². The summed E-state index contributed by atoms with van der Waals surface area (Å²) >= 11 is 1.86. The maximum absolute atomic E-state index is 14.4. The molecule has 3 rings (SSSR count). The van der Waals surface area contributed by atoms with Gasteiger partial charge in [0.2, 0.25) is 47.3 Å². The summed E-state index contributed by atoms with van der Waals surface area (Å²) in [4.78, 5) is 141. The Balaban J connectivity index is 2.13. The molecule has 2 heterocycles. The van der Waals surface area contributed by atoms with Crippen LogP contribution in [-0.2, 0) is 54.4 Å². The number of ketones is 1. The third-order valence-electron chi connectivity index (χ3n) is 11.6. The van der Waals surface area contributed by atoms with Gasteiger partial charge in [-0.1, -0.05) is 39.8 Å². The molecule has 17 N–H and O–H groups in total. The molecule has 0 saturated carbocycles. The van der Waals surface area contributed by atoms with Crippen molar-refractivity contribution >= 4 is 88.5 Å². The molecule has 8 amide bonds. The number of nitrogens with two attached hydrogens (primary N) is 2. The summed E-state index contributed by atoms with van der Waals surface area (Å²) in [6.45, 7) is 5.61. The van der Waals surface area contributed by atoms with E-state index < -0.39 is 127 Å². The molecule has 0 spiro atoms. The van der Waals surface area contributed by atoms with Crippen LogP contribution in [0.25, 0.3) is 0 Å². The highest BCUT2D eigenvalue weighted by atomic mass is 32.2. The average Bonchev–Trinajstić information content (AvgIpc) is 3.90. The first-order valence-electron chi connectivity index (χ1n) is 24.6. The summed E-state index contributed by atoms with van der Waals surface area (Å²) in [5.74, 6) is -10.8. The molecule has 2 saturated heterocycles. The van der Waals surface area contributed by atoms with Crippen molar-refractivity contribution in [3.8, 4) is 5.75 Å². The number of carbonyl (C=O) groups is 10. The highest BCUT2D eigenvalue weighted by molar-refractivity contribution is 8.01. The number of Topliss-reactive ketones (excluding diaryl/α,β-unsaturated/α-hetero) is 1. The number of benzene rings is 1. The Kier molecular flexibility index (Phi) is 27.1. The summed E-state index contributed by atoms with van der Waals surface area (Å²) in [6.07, 6.45) is 0.942. The summed E-state index contributed by atoms with van der Waals surface area (Å²) in [7, 11) is 0. The van der Waals surface area contributed by atoms with Crippen LogP contribution in [0.15, 0.2) is 29.3 Å². The number of carbonyl (C=O) groups excluding carboxylic acids is 9. The van der Waals surface area contributed by atoms with E-state index in [1.807, 2.05) is 0 Å². The summed E-state index contributed by atoms with van der Waals surface area (Å²) in [5, 5.41) is 63.0. The predicted molar refractivity (Wildman–Crippen MR) is 279 cm³/mol. The number of phenols is 1. The molecule has 0 bridgehead atoms. The molecular formula is C47H74N12O14S2. The van der Waals surface area contributed by atoms with E-state index in [0.29, 0.717) is 24.9 Å². The zero-order valence-electron chi connectivity index (χ0n) is 42.6. The van der Waals surface area contributed by atoms with Crippen LogP contribution >= 0.6 is 23.5 Å². The lowest BCUT2D eigenvalue weighted by Crippen LogP contribution is -2.61. The molecular weight excluding hydrogens is 1020 g/mol. The van der Waals surface area contributed by atoms with E-state index in [1.54, 1.807) is 27.7 Å². The molecule has 418 valence electrons. The lowest BCUT2D eigenvalue weighted by molar-refractivity contribution is -0.143. The molecule has 2 aliphatic rings. The quantitative estimate of drug-likeness (QED) is 0.0400. The number of amides is 8. The van der Waals surface area contributed by atoms with Crippen LogP contribution < -0.4 is 59.3 Å². The van der Waals surface area contributed by atoms with Crippen molar-refractivity contribution in [3.05, 3.63) is 29.8 Å². The van der Waals surface area contributed by atoms with Crippen molar-refractivity contribution in [3.63, 3.8) is 0 Å². The molecule has 2 fully saturated rings. The minimum Gasteiger partial charge on any atom is -0.508 e. The van der Waals surface area contributed by atoms with E-state index in [-0.39, 0.29) is 85.2 Å². The Morgan fingerprint density at radius 1 is 0.707 bits per heavy atom. The Labute approximate surface area is 443 Å². The van der Waals surface area contributed by atoms with Gasteiger partial charge in [-0.25, -0.2) is 4.79 Å². The number of thioether (sulfide) groups is 2. The Morgan fingerprint density at radius 3 is 1.79 bits per heavy atom. The average molecular weight is 1100 g/mol. The Morgan fingerprint density at radius 2 is 1.24 bits per heavy atom. The van der Waals surface area contributed by atoms with Crippen molar-refractivity contribution < 1.29 is 68.4 Å². The van der Waals surface area contributed by atoms with Crippen molar-refractivity contribution in [2.24, 2.45) is 28.3 Å². The number of guanidine groups is 1. The van der Waals surface area contributed by atoms with Gasteiger partial charge < -0.3 is 79.7 Å². The van der Waals surface area contributed by atoms with Gasteiger partial charge in [0.25, 0.3) is 0 Å². The normalized spacial score (nSPS) is 24.9. The number of carboxylic acids is 1.